The number of halogens is 1. The van der Waals surface area contributed by atoms with E-state index in [2.05, 4.69) is 23.2 Å². The standard InChI is InChI=1S/C17H25FN2S/c1-2-20-9-6-13(7-10-20)12-19-16-8-11-21-17-14(16)4-3-5-15(17)18/h3-5,13,16,19H,2,6-12H2,1H3. The molecule has 0 bridgehead atoms. The predicted octanol–water partition coefficient (Wildman–Crippen LogP) is 3.68. The lowest BCUT2D eigenvalue weighted by atomic mass is 9.95. The average molecular weight is 308 g/mol. The van der Waals surface area contributed by atoms with E-state index in [0.29, 0.717) is 6.04 Å². The third-order valence-corrected chi connectivity index (χ3v) is 5.99. The second-order valence-corrected chi connectivity index (χ2v) is 7.24. The summed E-state index contributed by atoms with van der Waals surface area (Å²) >= 11 is 1.66. The highest BCUT2D eigenvalue weighted by atomic mass is 32.2. The van der Waals surface area contributed by atoms with Crippen molar-refractivity contribution in [3.8, 4) is 0 Å². The number of fused-ring (bicyclic) bond motifs is 1. The minimum absolute atomic E-state index is 0.0553. The van der Waals surface area contributed by atoms with Gasteiger partial charge in [-0.2, -0.15) is 0 Å². The largest absolute Gasteiger partial charge is 0.310 e. The van der Waals surface area contributed by atoms with Crippen LogP contribution >= 0.6 is 11.8 Å². The van der Waals surface area contributed by atoms with Gasteiger partial charge in [0.15, 0.2) is 0 Å². The molecule has 1 aromatic carbocycles. The van der Waals surface area contributed by atoms with E-state index in [1.165, 1.54) is 32.5 Å². The first kappa shape index (κ1) is 15.3. The lowest BCUT2D eigenvalue weighted by Crippen LogP contribution is -2.38. The summed E-state index contributed by atoms with van der Waals surface area (Å²) in [4.78, 5) is 3.39. The molecular weight excluding hydrogens is 283 g/mol. The number of likely N-dealkylation sites (tertiary alicyclic amines) is 1. The quantitative estimate of drug-likeness (QED) is 0.913. The molecule has 1 atom stereocenters. The summed E-state index contributed by atoms with van der Waals surface area (Å²) in [6.07, 6.45) is 3.69. The van der Waals surface area contributed by atoms with E-state index < -0.39 is 0 Å². The van der Waals surface area contributed by atoms with Gasteiger partial charge in [-0.25, -0.2) is 4.39 Å². The Labute approximate surface area is 131 Å². The molecule has 0 spiro atoms. The maximum Gasteiger partial charge on any atom is 0.137 e. The molecule has 0 amide bonds. The molecule has 1 saturated heterocycles. The van der Waals surface area contributed by atoms with Gasteiger partial charge in [0.1, 0.15) is 5.82 Å². The van der Waals surface area contributed by atoms with E-state index in [-0.39, 0.29) is 5.82 Å². The summed E-state index contributed by atoms with van der Waals surface area (Å²) in [7, 11) is 0. The Morgan fingerprint density at radius 2 is 2.10 bits per heavy atom. The minimum Gasteiger partial charge on any atom is -0.310 e. The fourth-order valence-electron chi connectivity index (χ4n) is 3.41. The van der Waals surface area contributed by atoms with Crippen LogP contribution < -0.4 is 5.32 Å². The molecular formula is C17H25FN2S. The highest BCUT2D eigenvalue weighted by Gasteiger charge is 2.24. The number of hydrogen-bond acceptors (Lipinski definition) is 3. The van der Waals surface area contributed by atoms with Crippen LogP contribution in [0.4, 0.5) is 4.39 Å². The van der Waals surface area contributed by atoms with Crippen LogP contribution in [0.1, 0.15) is 37.8 Å². The topological polar surface area (TPSA) is 15.3 Å². The van der Waals surface area contributed by atoms with Crippen LogP contribution in [0.3, 0.4) is 0 Å². The van der Waals surface area contributed by atoms with Gasteiger partial charge in [-0.15, -0.1) is 11.8 Å². The summed E-state index contributed by atoms with van der Waals surface area (Å²) < 4.78 is 13.9. The van der Waals surface area contributed by atoms with Gasteiger partial charge < -0.3 is 10.2 Å². The van der Waals surface area contributed by atoms with Crippen molar-refractivity contribution in [3.05, 3.63) is 29.6 Å². The van der Waals surface area contributed by atoms with Crippen LogP contribution in [0.25, 0.3) is 0 Å². The Kier molecular flexibility index (Phi) is 5.19. The van der Waals surface area contributed by atoms with Crippen LogP contribution in [0.5, 0.6) is 0 Å². The molecule has 1 aromatic rings. The van der Waals surface area contributed by atoms with E-state index in [1.54, 1.807) is 17.8 Å². The Morgan fingerprint density at radius 1 is 1.29 bits per heavy atom. The van der Waals surface area contributed by atoms with E-state index >= 15 is 0 Å². The molecule has 0 saturated carbocycles. The van der Waals surface area contributed by atoms with Gasteiger partial charge in [-0.1, -0.05) is 19.1 Å². The molecule has 0 radical (unpaired) electrons. The summed E-state index contributed by atoms with van der Waals surface area (Å²) in [5.74, 6) is 1.74. The highest BCUT2D eigenvalue weighted by Crippen LogP contribution is 2.37. The van der Waals surface area contributed by atoms with E-state index in [1.807, 2.05) is 6.07 Å². The SMILES string of the molecule is CCN1CCC(CNC2CCSc3c(F)cccc32)CC1. The van der Waals surface area contributed by atoms with Crippen molar-refractivity contribution in [2.24, 2.45) is 5.92 Å². The Balaban J connectivity index is 1.56. The Hall–Kier alpha value is -0.580. The zero-order chi connectivity index (χ0) is 14.7. The Bertz CT molecular complexity index is 472. The molecule has 2 nitrogen and oxygen atoms in total. The number of hydrogen-bond donors (Lipinski definition) is 1. The van der Waals surface area contributed by atoms with Crippen molar-refractivity contribution < 1.29 is 4.39 Å². The van der Waals surface area contributed by atoms with Gasteiger partial charge >= 0.3 is 0 Å². The molecule has 2 aliphatic heterocycles. The van der Waals surface area contributed by atoms with Crippen molar-refractivity contribution in [1.82, 2.24) is 10.2 Å². The lowest BCUT2D eigenvalue weighted by molar-refractivity contribution is 0.187. The van der Waals surface area contributed by atoms with Crippen molar-refractivity contribution >= 4 is 11.8 Å². The third kappa shape index (κ3) is 3.61. The summed E-state index contributed by atoms with van der Waals surface area (Å²) in [5.41, 5.74) is 1.16. The fraction of sp³-hybridized carbons (Fsp3) is 0.647. The zero-order valence-electron chi connectivity index (χ0n) is 12.8. The highest BCUT2D eigenvalue weighted by molar-refractivity contribution is 7.99. The maximum absolute atomic E-state index is 13.9. The lowest BCUT2D eigenvalue weighted by Gasteiger charge is -2.33. The minimum atomic E-state index is -0.0553. The molecule has 1 fully saturated rings. The first-order chi connectivity index (χ1) is 10.3. The van der Waals surface area contributed by atoms with Crippen molar-refractivity contribution in [3.63, 3.8) is 0 Å². The molecule has 1 unspecified atom stereocenters. The summed E-state index contributed by atoms with van der Waals surface area (Å²) in [5, 5.41) is 3.71. The number of benzene rings is 1. The number of thioether (sulfide) groups is 1. The molecule has 21 heavy (non-hydrogen) atoms. The monoisotopic (exact) mass is 308 g/mol. The van der Waals surface area contributed by atoms with Crippen molar-refractivity contribution in [2.45, 2.75) is 37.1 Å². The van der Waals surface area contributed by atoms with Crippen molar-refractivity contribution in [2.75, 3.05) is 31.9 Å². The van der Waals surface area contributed by atoms with Crippen molar-refractivity contribution in [1.29, 1.82) is 0 Å². The fourth-order valence-corrected chi connectivity index (χ4v) is 4.55. The van der Waals surface area contributed by atoms with Gasteiger partial charge in [-0.3, -0.25) is 0 Å². The number of rotatable bonds is 4. The van der Waals surface area contributed by atoms with Crippen LogP contribution in [0, 0.1) is 11.7 Å². The molecule has 2 heterocycles. The summed E-state index contributed by atoms with van der Waals surface area (Å²) in [6.45, 7) is 6.95. The first-order valence-corrected chi connectivity index (χ1v) is 9.13. The molecule has 3 rings (SSSR count). The number of nitrogens with zero attached hydrogens (tertiary/aromatic N) is 1. The van der Waals surface area contributed by atoms with Crippen LogP contribution in [0.15, 0.2) is 23.1 Å². The molecule has 116 valence electrons. The first-order valence-electron chi connectivity index (χ1n) is 8.15. The molecule has 0 aliphatic carbocycles. The average Bonchev–Trinajstić information content (AvgIpc) is 2.54. The molecule has 1 N–H and O–H groups in total. The van der Waals surface area contributed by atoms with E-state index in [4.69, 9.17) is 0 Å². The summed E-state index contributed by atoms with van der Waals surface area (Å²) in [6, 6.07) is 5.84. The van der Waals surface area contributed by atoms with Crippen LogP contribution in [0.2, 0.25) is 0 Å². The van der Waals surface area contributed by atoms with Gasteiger partial charge in [0, 0.05) is 10.9 Å². The maximum atomic E-state index is 13.9. The van der Waals surface area contributed by atoms with E-state index in [9.17, 15) is 4.39 Å². The van der Waals surface area contributed by atoms with Gasteiger partial charge in [-0.05, 0) is 68.7 Å². The molecule has 0 aromatic heterocycles. The third-order valence-electron chi connectivity index (χ3n) is 4.83. The second kappa shape index (κ2) is 7.12. The Morgan fingerprint density at radius 3 is 2.86 bits per heavy atom. The molecule has 4 heteroatoms. The smallest absolute Gasteiger partial charge is 0.137 e. The number of piperidine rings is 1. The van der Waals surface area contributed by atoms with Crippen LogP contribution in [-0.4, -0.2) is 36.8 Å². The number of nitrogens with one attached hydrogen (secondary N) is 1. The zero-order valence-corrected chi connectivity index (χ0v) is 13.6. The van der Waals surface area contributed by atoms with Gasteiger partial charge in [0.05, 0.1) is 0 Å². The van der Waals surface area contributed by atoms with E-state index in [0.717, 1.165) is 35.1 Å². The molecule has 2 aliphatic rings. The normalized spacial score (nSPS) is 24.0. The second-order valence-electron chi connectivity index (χ2n) is 6.13. The predicted molar refractivity (Wildman–Crippen MR) is 87.3 cm³/mol. The van der Waals surface area contributed by atoms with Gasteiger partial charge in [0.25, 0.3) is 0 Å². The van der Waals surface area contributed by atoms with Crippen LogP contribution in [-0.2, 0) is 0 Å². The van der Waals surface area contributed by atoms with Gasteiger partial charge in [0.2, 0.25) is 0 Å².